The quantitative estimate of drug-likeness (QED) is 0.571. The van der Waals surface area contributed by atoms with Crippen LogP contribution in [0.15, 0.2) is 11.8 Å². The van der Waals surface area contributed by atoms with E-state index in [-0.39, 0.29) is 0 Å². The molecule has 0 aromatic heterocycles. The second kappa shape index (κ2) is 3.27. The summed E-state index contributed by atoms with van der Waals surface area (Å²) in [5.41, 5.74) is 0.929. The highest BCUT2D eigenvalue weighted by atomic mass is 16.5. The van der Waals surface area contributed by atoms with Gasteiger partial charge in [0.25, 0.3) is 0 Å². The lowest BCUT2D eigenvalue weighted by atomic mass is 10.3. The SMILES string of the molecule is O=C1CCC=C1N1CCOCC1. The van der Waals surface area contributed by atoms with Gasteiger partial charge < -0.3 is 9.64 Å². The predicted octanol–water partition coefficient (Wildman–Crippen LogP) is 0.565. The molecule has 3 nitrogen and oxygen atoms in total. The van der Waals surface area contributed by atoms with Gasteiger partial charge in [-0.1, -0.05) is 6.08 Å². The number of carbonyl (C=O) groups excluding carboxylic acids is 1. The molecule has 0 aromatic rings. The number of allylic oxidation sites excluding steroid dienone is 2. The number of ether oxygens (including phenoxy) is 1. The topological polar surface area (TPSA) is 29.5 Å². The smallest absolute Gasteiger partial charge is 0.178 e. The zero-order valence-electron chi connectivity index (χ0n) is 7.08. The van der Waals surface area contributed by atoms with Crippen LogP contribution in [0.1, 0.15) is 12.8 Å². The van der Waals surface area contributed by atoms with Crippen molar-refractivity contribution in [3.05, 3.63) is 11.8 Å². The van der Waals surface area contributed by atoms with Crippen LogP contribution in [-0.2, 0) is 9.53 Å². The lowest BCUT2D eigenvalue weighted by molar-refractivity contribution is -0.116. The van der Waals surface area contributed by atoms with Gasteiger partial charge in [0.05, 0.1) is 18.9 Å². The number of ketones is 1. The van der Waals surface area contributed by atoms with Crippen molar-refractivity contribution in [2.45, 2.75) is 12.8 Å². The van der Waals surface area contributed by atoms with Crippen molar-refractivity contribution in [3.8, 4) is 0 Å². The van der Waals surface area contributed by atoms with E-state index in [2.05, 4.69) is 4.90 Å². The molecule has 0 saturated carbocycles. The minimum Gasteiger partial charge on any atom is -0.378 e. The Labute approximate surface area is 72.0 Å². The van der Waals surface area contributed by atoms with E-state index in [1.54, 1.807) is 0 Å². The molecule has 1 aliphatic carbocycles. The molecule has 0 bridgehead atoms. The summed E-state index contributed by atoms with van der Waals surface area (Å²) in [5.74, 6) is 0.303. The molecule has 0 atom stereocenters. The molecule has 1 heterocycles. The summed E-state index contributed by atoms with van der Waals surface area (Å²) < 4.78 is 5.21. The van der Waals surface area contributed by atoms with Crippen LogP contribution in [0.4, 0.5) is 0 Å². The lowest BCUT2D eigenvalue weighted by Crippen LogP contribution is -2.37. The van der Waals surface area contributed by atoms with Gasteiger partial charge in [0.2, 0.25) is 0 Å². The minimum absolute atomic E-state index is 0.303. The third-order valence-corrected chi connectivity index (χ3v) is 2.35. The molecule has 1 aliphatic heterocycles. The number of carbonyl (C=O) groups is 1. The lowest BCUT2D eigenvalue weighted by Gasteiger charge is -2.28. The molecule has 0 N–H and O–H groups in total. The molecular weight excluding hydrogens is 154 g/mol. The monoisotopic (exact) mass is 167 g/mol. The average molecular weight is 167 g/mol. The summed E-state index contributed by atoms with van der Waals surface area (Å²) >= 11 is 0. The molecule has 0 radical (unpaired) electrons. The first kappa shape index (κ1) is 7.80. The Balaban J connectivity index is 2.02. The second-order valence-corrected chi connectivity index (χ2v) is 3.15. The fourth-order valence-corrected chi connectivity index (χ4v) is 1.69. The largest absolute Gasteiger partial charge is 0.378 e. The molecule has 2 rings (SSSR count). The first-order valence-corrected chi connectivity index (χ1v) is 4.44. The maximum absolute atomic E-state index is 11.3. The van der Waals surface area contributed by atoms with Crippen molar-refractivity contribution in [1.29, 1.82) is 0 Å². The van der Waals surface area contributed by atoms with Crippen LogP contribution in [0.2, 0.25) is 0 Å². The van der Waals surface area contributed by atoms with Crippen molar-refractivity contribution < 1.29 is 9.53 Å². The minimum atomic E-state index is 0.303. The van der Waals surface area contributed by atoms with E-state index in [0.29, 0.717) is 12.2 Å². The van der Waals surface area contributed by atoms with Crippen molar-refractivity contribution >= 4 is 5.78 Å². The summed E-state index contributed by atoms with van der Waals surface area (Å²) in [5, 5.41) is 0. The molecule has 1 fully saturated rings. The van der Waals surface area contributed by atoms with Gasteiger partial charge in [-0.2, -0.15) is 0 Å². The summed E-state index contributed by atoms with van der Waals surface area (Å²) in [6, 6.07) is 0. The molecule has 0 unspecified atom stereocenters. The van der Waals surface area contributed by atoms with Gasteiger partial charge in [0.15, 0.2) is 5.78 Å². The summed E-state index contributed by atoms with van der Waals surface area (Å²) in [4.78, 5) is 13.5. The van der Waals surface area contributed by atoms with E-state index in [1.807, 2.05) is 6.08 Å². The zero-order chi connectivity index (χ0) is 8.39. The van der Waals surface area contributed by atoms with Crippen molar-refractivity contribution in [2.75, 3.05) is 26.3 Å². The van der Waals surface area contributed by atoms with Gasteiger partial charge in [0.1, 0.15) is 0 Å². The maximum Gasteiger partial charge on any atom is 0.178 e. The van der Waals surface area contributed by atoms with Crippen LogP contribution >= 0.6 is 0 Å². The van der Waals surface area contributed by atoms with E-state index >= 15 is 0 Å². The van der Waals surface area contributed by atoms with Crippen molar-refractivity contribution in [2.24, 2.45) is 0 Å². The first-order valence-electron chi connectivity index (χ1n) is 4.44. The Morgan fingerprint density at radius 3 is 2.67 bits per heavy atom. The second-order valence-electron chi connectivity index (χ2n) is 3.15. The normalized spacial score (nSPS) is 24.5. The zero-order valence-corrected chi connectivity index (χ0v) is 7.08. The summed E-state index contributed by atoms with van der Waals surface area (Å²) in [6.45, 7) is 3.25. The van der Waals surface area contributed by atoms with Crippen LogP contribution in [0.5, 0.6) is 0 Å². The number of hydrogen-bond donors (Lipinski definition) is 0. The number of Topliss-reactive ketones (excluding diaryl/α,β-unsaturated/α-hetero) is 1. The number of morpholine rings is 1. The predicted molar refractivity (Wildman–Crippen MR) is 44.7 cm³/mol. The number of hydrogen-bond acceptors (Lipinski definition) is 3. The standard InChI is InChI=1S/C9H13NO2/c11-9-3-1-2-8(9)10-4-6-12-7-5-10/h2H,1,3-7H2. The van der Waals surface area contributed by atoms with E-state index in [0.717, 1.165) is 38.4 Å². The van der Waals surface area contributed by atoms with E-state index < -0.39 is 0 Å². The Morgan fingerprint density at radius 2 is 2.08 bits per heavy atom. The third-order valence-electron chi connectivity index (χ3n) is 2.35. The fraction of sp³-hybridized carbons (Fsp3) is 0.667. The molecule has 0 amide bonds. The highest BCUT2D eigenvalue weighted by molar-refractivity contribution is 5.96. The number of rotatable bonds is 1. The molecule has 0 aromatic carbocycles. The van der Waals surface area contributed by atoms with Gasteiger partial charge in [-0.3, -0.25) is 4.79 Å². The molecular formula is C9H13NO2. The van der Waals surface area contributed by atoms with Gasteiger partial charge in [-0.05, 0) is 6.42 Å². The molecule has 66 valence electrons. The molecule has 12 heavy (non-hydrogen) atoms. The summed E-state index contributed by atoms with van der Waals surface area (Å²) in [7, 11) is 0. The first-order chi connectivity index (χ1) is 5.88. The van der Waals surface area contributed by atoms with Gasteiger partial charge in [-0.25, -0.2) is 0 Å². The Morgan fingerprint density at radius 1 is 1.33 bits per heavy atom. The number of nitrogens with zero attached hydrogens (tertiary/aromatic N) is 1. The third kappa shape index (κ3) is 1.37. The maximum atomic E-state index is 11.3. The summed E-state index contributed by atoms with van der Waals surface area (Å²) in [6.07, 6.45) is 3.67. The van der Waals surface area contributed by atoms with Crippen LogP contribution in [-0.4, -0.2) is 37.0 Å². The van der Waals surface area contributed by atoms with Crippen LogP contribution in [0.3, 0.4) is 0 Å². The van der Waals surface area contributed by atoms with E-state index in [9.17, 15) is 4.79 Å². The highest BCUT2D eigenvalue weighted by Crippen LogP contribution is 2.18. The van der Waals surface area contributed by atoms with Crippen LogP contribution in [0.25, 0.3) is 0 Å². The Bertz CT molecular complexity index is 217. The fourth-order valence-electron chi connectivity index (χ4n) is 1.69. The molecule has 0 spiro atoms. The van der Waals surface area contributed by atoms with Gasteiger partial charge in [0, 0.05) is 19.5 Å². The Hall–Kier alpha value is -0.830. The van der Waals surface area contributed by atoms with Gasteiger partial charge in [-0.15, -0.1) is 0 Å². The van der Waals surface area contributed by atoms with Crippen LogP contribution < -0.4 is 0 Å². The average Bonchev–Trinajstić information content (AvgIpc) is 2.53. The van der Waals surface area contributed by atoms with Gasteiger partial charge >= 0.3 is 0 Å². The van der Waals surface area contributed by atoms with E-state index in [1.165, 1.54) is 0 Å². The molecule has 2 aliphatic rings. The molecule has 3 heteroatoms. The van der Waals surface area contributed by atoms with Crippen LogP contribution in [0, 0.1) is 0 Å². The van der Waals surface area contributed by atoms with Crippen molar-refractivity contribution in [3.63, 3.8) is 0 Å². The highest BCUT2D eigenvalue weighted by Gasteiger charge is 2.22. The molecule has 1 saturated heterocycles. The van der Waals surface area contributed by atoms with Crippen molar-refractivity contribution in [1.82, 2.24) is 4.90 Å². The van der Waals surface area contributed by atoms with E-state index in [4.69, 9.17) is 4.74 Å². The Kier molecular flexibility index (Phi) is 2.13.